The molecule has 1 aromatic carbocycles. The number of anilines is 1. The highest BCUT2D eigenvalue weighted by Gasteiger charge is 2.21. The van der Waals surface area contributed by atoms with Gasteiger partial charge in [0.05, 0.1) is 6.61 Å². The maximum absolute atomic E-state index is 12.2. The summed E-state index contributed by atoms with van der Waals surface area (Å²) in [4.78, 5) is 12.2. The van der Waals surface area contributed by atoms with Crippen LogP contribution in [-0.4, -0.2) is 30.8 Å². The Balaban J connectivity index is 1.73. The molecule has 1 aliphatic carbocycles. The number of carbonyl (C=O) groups is 1. The first-order chi connectivity index (χ1) is 11.7. The van der Waals surface area contributed by atoms with Gasteiger partial charge in [-0.25, -0.2) is 0 Å². The lowest BCUT2D eigenvalue weighted by Crippen LogP contribution is -2.38. The predicted molar refractivity (Wildman–Crippen MR) is 99.4 cm³/mol. The zero-order chi connectivity index (χ0) is 17.2. The fourth-order valence-corrected chi connectivity index (χ4v) is 2.96. The summed E-state index contributed by atoms with van der Waals surface area (Å²) in [5.41, 5.74) is 0.820. The van der Waals surface area contributed by atoms with E-state index in [0.717, 1.165) is 37.1 Å². The van der Waals surface area contributed by atoms with Crippen molar-refractivity contribution in [1.82, 2.24) is 5.32 Å². The molecule has 1 aliphatic rings. The highest BCUT2D eigenvalue weighted by Crippen LogP contribution is 2.23. The summed E-state index contributed by atoms with van der Waals surface area (Å²) in [6.45, 7) is 3.75. The van der Waals surface area contributed by atoms with E-state index in [4.69, 9.17) is 21.7 Å². The van der Waals surface area contributed by atoms with E-state index in [1.54, 1.807) is 0 Å². The lowest BCUT2D eigenvalue weighted by molar-refractivity contribution is -0.124. The average Bonchev–Trinajstić information content (AvgIpc) is 2.61. The number of benzene rings is 1. The third-order valence-electron chi connectivity index (χ3n) is 4.03. The number of nitrogens with one attached hydrogen (secondary N) is 2. The van der Waals surface area contributed by atoms with Crippen molar-refractivity contribution in [3.8, 4) is 5.75 Å². The fraction of sp³-hybridized carbons (Fsp3) is 0.556. The molecular weight excluding hydrogens is 324 g/mol. The molecule has 0 aliphatic heterocycles. The van der Waals surface area contributed by atoms with Crippen LogP contribution in [0.3, 0.4) is 0 Å². The van der Waals surface area contributed by atoms with E-state index in [1.165, 1.54) is 6.42 Å². The van der Waals surface area contributed by atoms with Crippen LogP contribution in [0.1, 0.15) is 39.0 Å². The normalized spacial score (nSPS) is 14.9. The molecule has 6 heteroatoms. The van der Waals surface area contributed by atoms with Crippen LogP contribution < -0.4 is 15.4 Å². The second-order valence-corrected chi connectivity index (χ2v) is 6.26. The molecule has 0 radical (unpaired) electrons. The zero-order valence-electron chi connectivity index (χ0n) is 14.2. The molecule has 2 N–H and O–H groups in total. The molecule has 0 atom stereocenters. The summed E-state index contributed by atoms with van der Waals surface area (Å²) < 4.78 is 10.8. The minimum atomic E-state index is 0.0306. The summed E-state index contributed by atoms with van der Waals surface area (Å²) in [5.74, 6) is 0.903. The highest BCUT2D eigenvalue weighted by molar-refractivity contribution is 7.80. The van der Waals surface area contributed by atoms with Crippen molar-refractivity contribution in [1.29, 1.82) is 0 Å². The van der Waals surface area contributed by atoms with Crippen molar-refractivity contribution in [2.45, 2.75) is 39.0 Å². The molecule has 1 saturated carbocycles. The third kappa shape index (κ3) is 6.45. The first kappa shape index (κ1) is 18.7. The molecule has 1 fully saturated rings. The van der Waals surface area contributed by atoms with Crippen LogP contribution in [0.4, 0.5) is 5.69 Å². The van der Waals surface area contributed by atoms with Crippen molar-refractivity contribution in [2.24, 2.45) is 5.92 Å². The summed E-state index contributed by atoms with van der Waals surface area (Å²) in [6, 6.07) is 7.46. The van der Waals surface area contributed by atoms with Crippen LogP contribution in [0, 0.1) is 5.92 Å². The van der Waals surface area contributed by atoms with Crippen LogP contribution in [0.25, 0.3) is 0 Å². The smallest absolute Gasteiger partial charge is 0.229 e. The van der Waals surface area contributed by atoms with Gasteiger partial charge >= 0.3 is 0 Å². The van der Waals surface area contributed by atoms with Crippen LogP contribution in [0.2, 0.25) is 0 Å². The van der Waals surface area contributed by atoms with E-state index in [9.17, 15) is 4.79 Å². The second-order valence-electron chi connectivity index (χ2n) is 5.85. The Morgan fingerprint density at radius 1 is 1.17 bits per heavy atom. The molecule has 132 valence electrons. The van der Waals surface area contributed by atoms with Gasteiger partial charge in [0.15, 0.2) is 5.11 Å². The molecule has 0 aromatic heterocycles. The van der Waals surface area contributed by atoms with Gasteiger partial charge in [-0.2, -0.15) is 0 Å². The number of amides is 1. The van der Waals surface area contributed by atoms with Gasteiger partial charge in [-0.05, 0) is 56.2 Å². The molecule has 0 spiro atoms. The molecular formula is C18H26N2O3S. The van der Waals surface area contributed by atoms with Gasteiger partial charge in [0.1, 0.15) is 12.4 Å². The van der Waals surface area contributed by atoms with E-state index < -0.39 is 0 Å². The van der Waals surface area contributed by atoms with Crippen LogP contribution in [-0.2, 0) is 9.53 Å². The maximum Gasteiger partial charge on any atom is 0.229 e. The number of thiocarbonyl (C=S) groups is 1. The van der Waals surface area contributed by atoms with Gasteiger partial charge in [-0.1, -0.05) is 19.3 Å². The molecule has 0 saturated heterocycles. The Hall–Kier alpha value is -1.66. The average molecular weight is 350 g/mol. The van der Waals surface area contributed by atoms with Crippen molar-refractivity contribution in [3.05, 3.63) is 24.3 Å². The van der Waals surface area contributed by atoms with E-state index in [0.29, 0.717) is 24.9 Å². The largest absolute Gasteiger partial charge is 0.491 e. The Bertz CT molecular complexity index is 528. The fourth-order valence-electron chi connectivity index (χ4n) is 2.74. The van der Waals surface area contributed by atoms with Crippen molar-refractivity contribution < 1.29 is 14.3 Å². The molecule has 0 unspecified atom stereocenters. The first-order valence-corrected chi connectivity index (χ1v) is 9.02. The molecule has 1 aromatic rings. The van der Waals surface area contributed by atoms with Crippen LogP contribution in [0.5, 0.6) is 5.75 Å². The molecule has 2 rings (SSSR count). The summed E-state index contributed by atoms with van der Waals surface area (Å²) in [6.07, 6.45) is 5.40. The van der Waals surface area contributed by atoms with E-state index in [-0.39, 0.29) is 11.8 Å². The predicted octanol–water partition coefficient (Wildman–Crippen LogP) is 3.50. The molecule has 1 amide bonds. The Morgan fingerprint density at radius 3 is 2.54 bits per heavy atom. The maximum atomic E-state index is 12.2. The zero-order valence-corrected chi connectivity index (χ0v) is 15.0. The Kier molecular flexibility index (Phi) is 7.98. The summed E-state index contributed by atoms with van der Waals surface area (Å²) in [5, 5.41) is 6.17. The Labute approximate surface area is 149 Å². The Morgan fingerprint density at radius 2 is 1.88 bits per heavy atom. The standard InChI is InChI=1S/C18H26N2O3S/c1-2-22-12-13-23-16-10-8-15(9-11-16)19-18(24)20-17(21)14-6-4-3-5-7-14/h8-11,14H,2-7,12-13H2,1H3,(H2,19,20,21,24). The minimum Gasteiger partial charge on any atom is -0.491 e. The first-order valence-electron chi connectivity index (χ1n) is 8.61. The molecule has 0 bridgehead atoms. The van der Waals surface area contributed by atoms with E-state index in [2.05, 4.69) is 10.6 Å². The molecule has 5 nitrogen and oxygen atoms in total. The third-order valence-corrected chi connectivity index (χ3v) is 4.23. The number of hydrogen-bond acceptors (Lipinski definition) is 4. The van der Waals surface area contributed by atoms with Crippen LogP contribution in [0.15, 0.2) is 24.3 Å². The monoisotopic (exact) mass is 350 g/mol. The van der Waals surface area contributed by atoms with Gasteiger partial charge in [0, 0.05) is 18.2 Å². The number of carbonyl (C=O) groups excluding carboxylic acids is 1. The van der Waals surface area contributed by atoms with Gasteiger partial charge in [0.2, 0.25) is 5.91 Å². The minimum absolute atomic E-state index is 0.0306. The topological polar surface area (TPSA) is 59.6 Å². The van der Waals surface area contributed by atoms with E-state index >= 15 is 0 Å². The van der Waals surface area contributed by atoms with Crippen molar-refractivity contribution >= 4 is 28.9 Å². The highest BCUT2D eigenvalue weighted by atomic mass is 32.1. The number of ether oxygens (including phenoxy) is 2. The van der Waals surface area contributed by atoms with Crippen molar-refractivity contribution in [3.63, 3.8) is 0 Å². The number of rotatable bonds is 7. The van der Waals surface area contributed by atoms with Crippen LogP contribution >= 0.6 is 12.2 Å². The summed E-state index contributed by atoms with van der Waals surface area (Å²) >= 11 is 5.22. The van der Waals surface area contributed by atoms with Crippen molar-refractivity contribution in [2.75, 3.05) is 25.1 Å². The molecule has 24 heavy (non-hydrogen) atoms. The quantitative estimate of drug-likeness (QED) is 0.582. The SMILES string of the molecule is CCOCCOc1ccc(NC(=S)NC(=O)C2CCCCC2)cc1. The van der Waals surface area contributed by atoms with Gasteiger partial charge in [0.25, 0.3) is 0 Å². The molecule has 0 heterocycles. The number of hydrogen-bond donors (Lipinski definition) is 2. The lowest BCUT2D eigenvalue weighted by atomic mass is 9.89. The summed E-state index contributed by atoms with van der Waals surface area (Å²) in [7, 11) is 0. The van der Waals surface area contributed by atoms with Gasteiger partial charge < -0.3 is 20.1 Å². The van der Waals surface area contributed by atoms with Gasteiger partial charge in [-0.3, -0.25) is 4.79 Å². The van der Waals surface area contributed by atoms with E-state index in [1.807, 2.05) is 31.2 Å². The van der Waals surface area contributed by atoms with Gasteiger partial charge in [-0.15, -0.1) is 0 Å². The second kappa shape index (κ2) is 10.3. The lowest BCUT2D eigenvalue weighted by Gasteiger charge is -2.21.